The van der Waals surface area contributed by atoms with E-state index < -0.39 is 17.8 Å². The van der Waals surface area contributed by atoms with E-state index >= 15 is 0 Å². The summed E-state index contributed by atoms with van der Waals surface area (Å²) in [6.45, 7) is 1.51. The molecule has 1 fully saturated rings. The molecule has 0 aromatic carbocycles. The predicted octanol–water partition coefficient (Wildman–Crippen LogP) is -2.47. The van der Waals surface area contributed by atoms with Gasteiger partial charge in [0.15, 0.2) is 0 Å². The van der Waals surface area contributed by atoms with Crippen LogP contribution >= 0.6 is 0 Å². The highest BCUT2D eigenvalue weighted by molar-refractivity contribution is 6.37. The monoisotopic (exact) mass is 173 g/mol. The average molecular weight is 173 g/mol. The second kappa shape index (κ2) is 4.15. The summed E-state index contributed by atoms with van der Waals surface area (Å²) < 4.78 is 5.03. The summed E-state index contributed by atoms with van der Waals surface area (Å²) in [7, 11) is 0. The number of morpholine rings is 1. The van der Waals surface area contributed by atoms with Gasteiger partial charge in [0.05, 0.1) is 6.61 Å². The number of ether oxygens (including phenoxy) is 1. The van der Waals surface area contributed by atoms with Crippen LogP contribution in [-0.2, 0) is 14.3 Å². The van der Waals surface area contributed by atoms with Gasteiger partial charge in [0.2, 0.25) is 0 Å². The molecule has 1 unspecified atom stereocenters. The molecule has 6 heteroatoms. The molecule has 1 amide bonds. The minimum absolute atomic E-state index is 0.367. The molecule has 0 radical (unpaired) electrons. The summed E-state index contributed by atoms with van der Waals surface area (Å²) in [5, 5.41) is 2.93. The summed E-state index contributed by atoms with van der Waals surface area (Å²) in [5.74, 6) is 3.33. The van der Waals surface area contributed by atoms with Crippen molar-refractivity contribution >= 4 is 11.7 Å². The summed E-state index contributed by atoms with van der Waals surface area (Å²) >= 11 is 0. The lowest BCUT2D eigenvalue weighted by Crippen LogP contribution is -2.49. The molecular weight excluding hydrogens is 162 g/mol. The molecule has 6 nitrogen and oxygen atoms in total. The smallest absolute Gasteiger partial charge is 0.304 e. The Kier molecular flexibility index (Phi) is 3.15. The van der Waals surface area contributed by atoms with Gasteiger partial charge in [-0.05, 0) is 0 Å². The first-order valence-electron chi connectivity index (χ1n) is 3.63. The summed E-state index contributed by atoms with van der Waals surface area (Å²) in [6.07, 6.45) is -0.692. The molecule has 0 aliphatic carbocycles. The standard InChI is InChI=1S/C6H11N3O3/c7-9-6(11)5(10)4-3-8-1-2-12-4/h4,8H,1-3,7H2,(H,9,11). The molecule has 0 bridgehead atoms. The number of carbonyl (C=O) groups excluding carboxylic acids is 2. The molecule has 1 aliphatic rings. The zero-order valence-electron chi connectivity index (χ0n) is 6.50. The van der Waals surface area contributed by atoms with Gasteiger partial charge in [-0.15, -0.1) is 0 Å². The first kappa shape index (κ1) is 9.11. The first-order valence-corrected chi connectivity index (χ1v) is 3.63. The number of nitrogens with one attached hydrogen (secondary N) is 2. The molecule has 1 saturated heterocycles. The largest absolute Gasteiger partial charge is 0.367 e. The summed E-state index contributed by atoms with van der Waals surface area (Å²) in [6, 6.07) is 0. The number of hydrazine groups is 1. The predicted molar refractivity (Wildman–Crippen MR) is 39.9 cm³/mol. The van der Waals surface area contributed by atoms with Gasteiger partial charge in [-0.25, -0.2) is 5.84 Å². The SMILES string of the molecule is NNC(=O)C(=O)C1CNCCO1. The highest BCUT2D eigenvalue weighted by Gasteiger charge is 2.26. The molecule has 0 saturated carbocycles. The second-order valence-electron chi connectivity index (χ2n) is 2.40. The number of nitrogens with two attached hydrogens (primary N) is 1. The van der Waals surface area contributed by atoms with Crippen LogP contribution in [0.5, 0.6) is 0 Å². The van der Waals surface area contributed by atoms with Crippen molar-refractivity contribution < 1.29 is 14.3 Å². The minimum atomic E-state index is -0.816. The van der Waals surface area contributed by atoms with Crippen molar-refractivity contribution in [2.45, 2.75) is 6.10 Å². The van der Waals surface area contributed by atoms with E-state index in [4.69, 9.17) is 10.6 Å². The van der Waals surface area contributed by atoms with Crippen LogP contribution in [0, 0.1) is 0 Å². The fourth-order valence-electron chi connectivity index (χ4n) is 0.951. The van der Waals surface area contributed by atoms with E-state index in [-0.39, 0.29) is 0 Å². The molecular formula is C6H11N3O3. The maximum Gasteiger partial charge on any atom is 0.304 e. The van der Waals surface area contributed by atoms with Gasteiger partial charge in [0.25, 0.3) is 5.78 Å². The lowest BCUT2D eigenvalue weighted by Gasteiger charge is -2.21. The van der Waals surface area contributed by atoms with Gasteiger partial charge in [-0.2, -0.15) is 0 Å². The van der Waals surface area contributed by atoms with E-state index in [2.05, 4.69) is 5.32 Å². The van der Waals surface area contributed by atoms with Crippen LogP contribution in [0.1, 0.15) is 0 Å². The number of Topliss-reactive ketones (excluding diaryl/α,β-unsaturated/α-hetero) is 1. The molecule has 68 valence electrons. The third kappa shape index (κ3) is 2.00. The van der Waals surface area contributed by atoms with E-state index in [1.807, 2.05) is 0 Å². The number of rotatable bonds is 2. The average Bonchev–Trinajstić information content (AvgIpc) is 2.17. The van der Waals surface area contributed by atoms with E-state index in [1.165, 1.54) is 0 Å². The molecule has 1 rings (SSSR count). The number of ketones is 1. The maximum absolute atomic E-state index is 11.1. The zero-order valence-corrected chi connectivity index (χ0v) is 6.50. The Morgan fingerprint density at radius 1 is 1.58 bits per heavy atom. The van der Waals surface area contributed by atoms with Crippen molar-refractivity contribution in [1.29, 1.82) is 0 Å². The van der Waals surface area contributed by atoms with Crippen LogP contribution in [0.25, 0.3) is 0 Å². The van der Waals surface area contributed by atoms with Gasteiger partial charge in [0, 0.05) is 13.1 Å². The first-order chi connectivity index (χ1) is 5.75. The van der Waals surface area contributed by atoms with E-state index in [1.54, 1.807) is 5.43 Å². The minimum Gasteiger partial charge on any atom is -0.367 e. The van der Waals surface area contributed by atoms with Crippen LogP contribution < -0.4 is 16.6 Å². The lowest BCUT2D eigenvalue weighted by atomic mass is 10.2. The Hall–Kier alpha value is -0.980. The molecule has 0 aromatic rings. The van der Waals surface area contributed by atoms with Gasteiger partial charge < -0.3 is 10.1 Å². The fraction of sp³-hybridized carbons (Fsp3) is 0.667. The van der Waals surface area contributed by atoms with Crippen molar-refractivity contribution in [2.75, 3.05) is 19.7 Å². The van der Waals surface area contributed by atoms with Crippen molar-refractivity contribution in [3.63, 3.8) is 0 Å². The van der Waals surface area contributed by atoms with Gasteiger partial charge in [-0.3, -0.25) is 15.0 Å². The maximum atomic E-state index is 11.1. The van der Waals surface area contributed by atoms with Crippen LogP contribution in [-0.4, -0.2) is 37.5 Å². The molecule has 12 heavy (non-hydrogen) atoms. The number of carbonyl (C=O) groups is 2. The van der Waals surface area contributed by atoms with Gasteiger partial charge in [0.1, 0.15) is 6.10 Å². The Labute approximate surface area is 69.4 Å². The Morgan fingerprint density at radius 3 is 2.83 bits per heavy atom. The lowest BCUT2D eigenvalue weighted by molar-refractivity contribution is -0.145. The summed E-state index contributed by atoms with van der Waals surface area (Å²) in [5.41, 5.74) is 1.77. The Morgan fingerprint density at radius 2 is 2.33 bits per heavy atom. The van der Waals surface area contributed by atoms with Crippen molar-refractivity contribution in [3.8, 4) is 0 Å². The van der Waals surface area contributed by atoms with Crippen molar-refractivity contribution in [3.05, 3.63) is 0 Å². The Balaban J connectivity index is 2.45. The van der Waals surface area contributed by atoms with Crippen LogP contribution in [0.4, 0.5) is 0 Å². The topological polar surface area (TPSA) is 93.5 Å². The van der Waals surface area contributed by atoms with Crippen molar-refractivity contribution in [2.24, 2.45) is 5.84 Å². The normalized spacial score (nSPS) is 23.2. The van der Waals surface area contributed by atoms with Crippen molar-refractivity contribution in [1.82, 2.24) is 10.7 Å². The molecule has 4 N–H and O–H groups in total. The number of amides is 1. The third-order valence-electron chi connectivity index (χ3n) is 1.57. The van der Waals surface area contributed by atoms with E-state index in [9.17, 15) is 9.59 Å². The van der Waals surface area contributed by atoms with E-state index in [0.717, 1.165) is 0 Å². The molecule has 1 atom stereocenters. The van der Waals surface area contributed by atoms with Crippen LogP contribution in [0.3, 0.4) is 0 Å². The highest BCUT2D eigenvalue weighted by atomic mass is 16.5. The number of hydrogen-bond donors (Lipinski definition) is 3. The molecule has 1 aliphatic heterocycles. The zero-order chi connectivity index (χ0) is 8.97. The fourth-order valence-corrected chi connectivity index (χ4v) is 0.951. The molecule has 0 aromatic heterocycles. The molecule has 0 spiro atoms. The Bertz CT molecular complexity index is 188. The van der Waals surface area contributed by atoms with Crippen LogP contribution in [0.2, 0.25) is 0 Å². The number of hydrogen-bond acceptors (Lipinski definition) is 5. The highest BCUT2D eigenvalue weighted by Crippen LogP contribution is 1.96. The summed E-state index contributed by atoms with van der Waals surface area (Å²) in [4.78, 5) is 21.8. The van der Waals surface area contributed by atoms with Gasteiger partial charge >= 0.3 is 5.91 Å². The third-order valence-corrected chi connectivity index (χ3v) is 1.57. The second-order valence-corrected chi connectivity index (χ2v) is 2.40. The van der Waals surface area contributed by atoms with Gasteiger partial charge in [-0.1, -0.05) is 0 Å². The van der Waals surface area contributed by atoms with Crippen LogP contribution in [0.15, 0.2) is 0 Å². The molecule has 1 heterocycles. The van der Waals surface area contributed by atoms with E-state index in [0.29, 0.717) is 19.7 Å². The quantitative estimate of drug-likeness (QED) is 0.186.